The minimum absolute atomic E-state index is 0.109. The van der Waals surface area contributed by atoms with Gasteiger partial charge in [0.1, 0.15) is 5.69 Å². The Balaban J connectivity index is 0.842. The number of hydrogen-bond donors (Lipinski definition) is 3. The second kappa shape index (κ2) is 16.1. The Bertz CT molecular complexity index is 2280. The molecule has 2 aromatic heterocycles. The van der Waals surface area contributed by atoms with E-state index in [1.165, 1.54) is 4.90 Å². The van der Waals surface area contributed by atoms with Gasteiger partial charge in [0, 0.05) is 53.6 Å². The van der Waals surface area contributed by atoms with Crippen molar-refractivity contribution in [3.8, 4) is 0 Å². The van der Waals surface area contributed by atoms with Gasteiger partial charge in [-0.3, -0.25) is 24.1 Å². The molecule has 2 aromatic carbocycles. The van der Waals surface area contributed by atoms with E-state index in [1.807, 2.05) is 43.3 Å². The molecule has 3 N–H and O–H groups in total. The quantitative estimate of drug-likeness (QED) is 0.106. The molecule has 0 saturated heterocycles. The number of fused-ring (bicyclic) bond motifs is 2. The second-order valence-corrected chi connectivity index (χ2v) is 18.6. The predicted octanol–water partition coefficient (Wildman–Crippen LogP) is 8.38. The van der Waals surface area contributed by atoms with Gasteiger partial charge in [0.05, 0.1) is 38.0 Å². The molecule has 11 nitrogen and oxygen atoms in total. The van der Waals surface area contributed by atoms with Gasteiger partial charge in [0.25, 0.3) is 17.7 Å². The van der Waals surface area contributed by atoms with E-state index in [0.717, 1.165) is 84.4 Å². The maximum atomic E-state index is 13.7. The molecular formula is C46H54N6O5S. The normalized spacial score (nSPS) is 24.1. The van der Waals surface area contributed by atoms with Crippen LogP contribution in [0.5, 0.6) is 0 Å². The zero-order valence-electron chi connectivity index (χ0n) is 34.0. The Morgan fingerprint density at radius 1 is 0.948 bits per heavy atom. The molecule has 3 aliphatic carbocycles. The predicted molar refractivity (Wildman–Crippen MR) is 228 cm³/mol. The van der Waals surface area contributed by atoms with Crippen LogP contribution < -0.4 is 10.6 Å². The largest absolute Gasteiger partial charge is 0.386 e. The van der Waals surface area contributed by atoms with E-state index < -0.39 is 11.6 Å². The number of imide groups is 1. The number of nitrogens with zero attached hydrogens (tertiary/aromatic N) is 4. The van der Waals surface area contributed by atoms with Crippen molar-refractivity contribution < 1.29 is 24.3 Å². The van der Waals surface area contributed by atoms with Crippen LogP contribution in [0.3, 0.4) is 0 Å². The molecule has 58 heavy (non-hydrogen) atoms. The standard InChI is InChI=1S/C46H54N6O5S/c1-26-12-21-38(39(53)22-26)52-44(55)32-9-7-10-34(41(32)45(52)56)48-30-17-19-31(20-18-30)51(5)25-28-13-15-29(16-14-28)43-50-37-23-33(46(3,4)57)36(24-40(37)58-43)49-42(54)35-11-6-8-27(2)47-35/h6-11,23-24,28-31,38,48,57H,1,12-22,25H2,2-5H3,(H,49,54). The number of aryl methyl sites for hydroxylation is 1. The fourth-order valence-corrected chi connectivity index (χ4v) is 10.8. The number of thiazole rings is 1. The number of amides is 3. The number of carbonyl (C=O) groups is 4. The second-order valence-electron chi connectivity index (χ2n) is 17.6. The Morgan fingerprint density at radius 3 is 2.40 bits per heavy atom. The van der Waals surface area contributed by atoms with Crippen LogP contribution in [0.1, 0.15) is 138 Å². The van der Waals surface area contributed by atoms with Gasteiger partial charge >= 0.3 is 0 Å². The molecule has 0 spiro atoms. The number of rotatable bonds is 10. The molecule has 1 atom stereocenters. The first-order chi connectivity index (χ1) is 27.7. The summed E-state index contributed by atoms with van der Waals surface area (Å²) in [5.74, 6) is -0.154. The van der Waals surface area contributed by atoms with Crippen LogP contribution in [0, 0.1) is 12.8 Å². The Labute approximate surface area is 344 Å². The minimum atomic E-state index is -1.18. The molecule has 12 heteroatoms. The van der Waals surface area contributed by atoms with Gasteiger partial charge in [-0.1, -0.05) is 24.3 Å². The monoisotopic (exact) mass is 802 g/mol. The number of pyridine rings is 1. The number of nitrogens with one attached hydrogen (secondary N) is 2. The number of aliphatic hydroxyl groups is 1. The molecule has 0 radical (unpaired) electrons. The molecule has 3 fully saturated rings. The summed E-state index contributed by atoms with van der Waals surface area (Å²) in [7, 11) is 2.26. The number of hydrogen-bond acceptors (Lipinski definition) is 10. The number of allylic oxidation sites excluding steroid dienone is 1. The molecule has 1 aliphatic heterocycles. The lowest BCUT2D eigenvalue weighted by Gasteiger charge is -2.38. The van der Waals surface area contributed by atoms with Crippen molar-refractivity contribution in [3.63, 3.8) is 0 Å². The van der Waals surface area contributed by atoms with Gasteiger partial charge in [0.2, 0.25) is 0 Å². The van der Waals surface area contributed by atoms with Gasteiger partial charge in [-0.2, -0.15) is 0 Å². The van der Waals surface area contributed by atoms with Crippen LogP contribution in [0.4, 0.5) is 11.4 Å². The van der Waals surface area contributed by atoms with E-state index in [1.54, 1.807) is 37.3 Å². The van der Waals surface area contributed by atoms with Crippen molar-refractivity contribution in [1.82, 2.24) is 19.8 Å². The first-order valence-corrected chi connectivity index (χ1v) is 21.6. The van der Waals surface area contributed by atoms with E-state index in [-0.39, 0.29) is 36.0 Å². The summed E-state index contributed by atoms with van der Waals surface area (Å²) in [6.45, 7) is 10.3. The SMILES string of the molecule is C=C1CCC(N2C(=O)c3cccc(NC4CCC(N(C)CC5CCC(c6nc7cc(C(C)(C)O)c(NC(=O)c8cccc(C)n8)cc7s6)CC5)CC4)c3C2=O)C(=O)C1. The van der Waals surface area contributed by atoms with Crippen LogP contribution >= 0.6 is 11.3 Å². The van der Waals surface area contributed by atoms with Crippen LogP contribution in [0.25, 0.3) is 10.2 Å². The summed E-state index contributed by atoms with van der Waals surface area (Å²) >= 11 is 1.68. The molecule has 3 amide bonds. The van der Waals surface area contributed by atoms with Crippen LogP contribution in [-0.2, 0) is 10.4 Å². The van der Waals surface area contributed by atoms with Crippen LogP contribution in [0.2, 0.25) is 0 Å². The van der Waals surface area contributed by atoms with Crippen molar-refractivity contribution in [2.24, 2.45) is 5.92 Å². The summed E-state index contributed by atoms with van der Waals surface area (Å²) < 4.78 is 0.990. The first kappa shape index (κ1) is 40.0. The smallest absolute Gasteiger partial charge is 0.274 e. The van der Waals surface area contributed by atoms with Crippen molar-refractivity contribution in [1.29, 1.82) is 0 Å². The maximum Gasteiger partial charge on any atom is 0.274 e. The number of anilines is 2. The highest BCUT2D eigenvalue weighted by molar-refractivity contribution is 7.18. The number of Topliss-reactive ketones (excluding diaryl/α,β-unsaturated/α-hetero) is 1. The van der Waals surface area contributed by atoms with Gasteiger partial charge in [-0.05, 0) is 134 Å². The number of carbonyl (C=O) groups excluding carboxylic acids is 4. The molecule has 8 rings (SSSR count). The zero-order chi connectivity index (χ0) is 40.9. The molecule has 1 unspecified atom stereocenters. The highest BCUT2D eigenvalue weighted by Crippen LogP contribution is 2.42. The number of benzene rings is 2. The Hall–Kier alpha value is -4.78. The highest BCUT2D eigenvalue weighted by Gasteiger charge is 2.45. The van der Waals surface area contributed by atoms with E-state index in [0.29, 0.717) is 64.5 Å². The molecular weight excluding hydrogens is 749 g/mol. The summed E-state index contributed by atoms with van der Waals surface area (Å²) in [4.78, 5) is 66.2. The first-order valence-electron chi connectivity index (χ1n) is 20.8. The third-order valence-electron chi connectivity index (χ3n) is 12.8. The topological polar surface area (TPSA) is 145 Å². The van der Waals surface area contributed by atoms with E-state index >= 15 is 0 Å². The van der Waals surface area contributed by atoms with E-state index in [9.17, 15) is 24.3 Å². The Morgan fingerprint density at radius 2 is 1.69 bits per heavy atom. The lowest BCUT2D eigenvalue weighted by Crippen LogP contribution is -2.46. The molecule has 3 saturated carbocycles. The Kier molecular flexibility index (Phi) is 11.1. The van der Waals surface area contributed by atoms with E-state index in [2.05, 4.69) is 34.1 Å². The molecule has 4 aromatic rings. The molecule has 3 heterocycles. The lowest BCUT2D eigenvalue weighted by molar-refractivity contribution is -0.123. The third kappa shape index (κ3) is 8.11. The average molecular weight is 803 g/mol. The fourth-order valence-electron chi connectivity index (χ4n) is 9.60. The summed E-state index contributed by atoms with van der Waals surface area (Å²) in [6, 6.07) is 14.6. The van der Waals surface area contributed by atoms with Gasteiger partial charge in [-0.25, -0.2) is 9.97 Å². The third-order valence-corrected chi connectivity index (χ3v) is 14.0. The number of aromatic nitrogens is 2. The number of ketones is 1. The van der Waals surface area contributed by atoms with Crippen molar-refractivity contribution in [2.75, 3.05) is 24.2 Å². The summed E-state index contributed by atoms with van der Waals surface area (Å²) in [5.41, 5.74) is 4.28. The highest BCUT2D eigenvalue weighted by atomic mass is 32.1. The molecule has 304 valence electrons. The lowest BCUT2D eigenvalue weighted by atomic mass is 9.81. The van der Waals surface area contributed by atoms with Crippen molar-refractivity contribution >= 4 is 56.4 Å². The van der Waals surface area contributed by atoms with Gasteiger partial charge in [0.15, 0.2) is 5.78 Å². The fraction of sp³-hybridized carbons (Fsp3) is 0.478. The van der Waals surface area contributed by atoms with Gasteiger partial charge < -0.3 is 20.6 Å². The molecule has 4 aliphatic rings. The van der Waals surface area contributed by atoms with Crippen molar-refractivity contribution in [2.45, 2.75) is 121 Å². The summed E-state index contributed by atoms with van der Waals surface area (Å²) in [5, 5.41) is 18.8. The van der Waals surface area contributed by atoms with E-state index in [4.69, 9.17) is 4.98 Å². The van der Waals surface area contributed by atoms with Gasteiger partial charge in [-0.15, -0.1) is 11.3 Å². The van der Waals surface area contributed by atoms with Crippen LogP contribution in [-0.4, -0.2) is 80.1 Å². The van der Waals surface area contributed by atoms with Crippen molar-refractivity contribution in [3.05, 3.63) is 93.8 Å². The van der Waals surface area contributed by atoms with Crippen LogP contribution in [0.15, 0.2) is 60.7 Å². The zero-order valence-corrected chi connectivity index (χ0v) is 34.8. The average Bonchev–Trinajstić information content (AvgIpc) is 3.72. The minimum Gasteiger partial charge on any atom is -0.386 e. The molecule has 0 bridgehead atoms. The summed E-state index contributed by atoms with van der Waals surface area (Å²) in [6.07, 6.45) is 9.82. The maximum absolute atomic E-state index is 13.7.